The van der Waals surface area contributed by atoms with Crippen molar-refractivity contribution in [1.82, 2.24) is 5.32 Å². The molecule has 100 valence electrons. The average Bonchev–Trinajstić information content (AvgIpc) is 2.84. The molecule has 5 nitrogen and oxygen atoms in total. The number of nitro benzene ring substituents is 1. The molecular formula is C13H13FN2O3. The first-order valence-corrected chi connectivity index (χ1v) is 5.85. The average molecular weight is 264 g/mol. The van der Waals surface area contributed by atoms with Crippen LogP contribution in [0.25, 0.3) is 11.3 Å². The second-order valence-electron chi connectivity index (χ2n) is 4.00. The fourth-order valence-electron chi connectivity index (χ4n) is 1.70. The number of hydrogen-bond acceptors (Lipinski definition) is 4. The number of nitro groups is 1. The number of halogens is 1. The highest BCUT2D eigenvalue weighted by atomic mass is 19.1. The van der Waals surface area contributed by atoms with Gasteiger partial charge in [-0.1, -0.05) is 6.92 Å². The Morgan fingerprint density at radius 1 is 1.37 bits per heavy atom. The van der Waals surface area contributed by atoms with Crippen LogP contribution in [0.3, 0.4) is 0 Å². The second-order valence-corrected chi connectivity index (χ2v) is 4.00. The van der Waals surface area contributed by atoms with Gasteiger partial charge in [0, 0.05) is 11.6 Å². The number of benzene rings is 1. The molecule has 0 aliphatic carbocycles. The monoisotopic (exact) mass is 264 g/mol. The minimum atomic E-state index is -0.658. The van der Waals surface area contributed by atoms with Crippen molar-refractivity contribution in [3.8, 4) is 11.3 Å². The largest absolute Gasteiger partial charge is 0.460 e. The molecule has 0 amide bonds. The summed E-state index contributed by atoms with van der Waals surface area (Å²) in [6, 6.07) is 6.81. The molecule has 1 heterocycles. The van der Waals surface area contributed by atoms with Crippen LogP contribution in [-0.2, 0) is 6.54 Å². The number of rotatable bonds is 5. The lowest BCUT2D eigenvalue weighted by atomic mass is 10.1. The van der Waals surface area contributed by atoms with Crippen LogP contribution in [0.5, 0.6) is 0 Å². The molecule has 0 atom stereocenters. The molecule has 0 radical (unpaired) electrons. The summed E-state index contributed by atoms with van der Waals surface area (Å²) in [5.74, 6) is 0.452. The van der Waals surface area contributed by atoms with Crippen molar-refractivity contribution in [1.29, 1.82) is 0 Å². The molecule has 0 spiro atoms. The molecule has 2 rings (SSSR count). The molecule has 0 aliphatic rings. The van der Waals surface area contributed by atoms with E-state index in [-0.39, 0.29) is 5.69 Å². The first-order valence-electron chi connectivity index (χ1n) is 5.85. The van der Waals surface area contributed by atoms with Crippen LogP contribution in [0.1, 0.15) is 12.7 Å². The molecule has 1 N–H and O–H groups in total. The van der Waals surface area contributed by atoms with Crippen LogP contribution < -0.4 is 5.32 Å². The van der Waals surface area contributed by atoms with Crippen molar-refractivity contribution in [3.05, 3.63) is 52.0 Å². The SMILES string of the molecule is CCNCc1ccc(-c2cc(F)cc([N+](=O)[O-])c2)o1. The normalized spacial score (nSPS) is 10.6. The number of nitrogens with zero attached hydrogens (tertiary/aromatic N) is 1. The van der Waals surface area contributed by atoms with E-state index in [9.17, 15) is 14.5 Å². The van der Waals surface area contributed by atoms with Crippen molar-refractivity contribution in [2.75, 3.05) is 6.54 Å². The third kappa shape index (κ3) is 3.17. The fourth-order valence-corrected chi connectivity index (χ4v) is 1.70. The van der Waals surface area contributed by atoms with Gasteiger partial charge < -0.3 is 9.73 Å². The third-order valence-electron chi connectivity index (χ3n) is 2.59. The second kappa shape index (κ2) is 5.62. The van der Waals surface area contributed by atoms with Gasteiger partial charge in [0.1, 0.15) is 17.3 Å². The van der Waals surface area contributed by atoms with E-state index in [4.69, 9.17) is 4.42 Å². The van der Waals surface area contributed by atoms with Gasteiger partial charge in [0.15, 0.2) is 0 Å². The lowest BCUT2D eigenvalue weighted by molar-refractivity contribution is -0.385. The molecule has 1 aromatic carbocycles. The summed E-state index contributed by atoms with van der Waals surface area (Å²) >= 11 is 0. The van der Waals surface area contributed by atoms with E-state index in [1.807, 2.05) is 6.92 Å². The summed E-state index contributed by atoms with van der Waals surface area (Å²) in [6.45, 7) is 3.34. The highest BCUT2D eigenvalue weighted by Gasteiger charge is 2.13. The van der Waals surface area contributed by atoms with Crippen LogP contribution in [0.15, 0.2) is 34.7 Å². The molecule has 0 saturated carbocycles. The Morgan fingerprint density at radius 3 is 2.84 bits per heavy atom. The lowest BCUT2D eigenvalue weighted by Gasteiger charge is -2.00. The van der Waals surface area contributed by atoms with Gasteiger partial charge in [-0.3, -0.25) is 10.1 Å². The molecule has 0 fully saturated rings. The minimum absolute atomic E-state index is 0.292. The quantitative estimate of drug-likeness (QED) is 0.665. The van der Waals surface area contributed by atoms with Gasteiger partial charge in [0.25, 0.3) is 5.69 Å². The Labute approximate surface area is 109 Å². The standard InChI is InChI=1S/C13H13FN2O3/c1-2-15-8-12-3-4-13(19-12)9-5-10(14)7-11(6-9)16(17)18/h3-7,15H,2,8H2,1H3. The number of nitrogens with one attached hydrogen (secondary N) is 1. The molecule has 19 heavy (non-hydrogen) atoms. The van der Waals surface area contributed by atoms with Crippen LogP contribution >= 0.6 is 0 Å². The zero-order chi connectivity index (χ0) is 13.8. The molecule has 2 aromatic rings. The fraction of sp³-hybridized carbons (Fsp3) is 0.231. The van der Waals surface area contributed by atoms with E-state index in [2.05, 4.69) is 5.32 Å². The first kappa shape index (κ1) is 13.2. The molecule has 0 unspecified atom stereocenters. The molecule has 6 heteroatoms. The van der Waals surface area contributed by atoms with Crippen LogP contribution in [0.2, 0.25) is 0 Å². The smallest absolute Gasteiger partial charge is 0.273 e. The van der Waals surface area contributed by atoms with Gasteiger partial charge in [0.05, 0.1) is 17.5 Å². The maximum Gasteiger partial charge on any atom is 0.273 e. The molecular weight excluding hydrogens is 251 g/mol. The van der Waals surface area contributed by atoms with E-state index in [0.29, 0.717) is 23.6 Å². The Bertz CT molecular complexity index is 595. The summed E-state index contributed by atoms with van der Waals surface area (Å²) in [4.78, 5) is 10.1. The Kier molecular flexibility index (Phi) is 3.91. The van der Waals surface area contributed by atoms with Gasteiger partial charge >= 0.3 is 0 Å². The summed E-state index contributed by atoms with van der Waals surface area (Å²) in [6.07, 6.45) is 0. The van der Waals surface area contributed by atoms with E-state index >= 15 is 0 Å². The van der Waals surface area contributed by atoms with E-state index < -0.39 is 10.7 Å². The summed E-state index contributed by atoms with van der Waals surface area (Å²) in [5.41, 5.74) is 0.0640. The van der Waals surface area contributed by atoms with Crippen LogP contribution in [0, 0.1) is 15.9 Å². The van der Waals surface area contributed by atoms with Gasteiger partial charge in [0.2, 0.25) is 0 Å². The highest BCUT2D eigenvalue weighted by Crippen LogP contribution is 2.27. The van der Waals surface area contributed by atoms with Gasteiger partial charge in [-0.25, -0.2) is 4.39 Å². The van der Waals surface area contributed by atoms with Crippen molar-refractivity contribution >= 4 is 5.69 Å². The zero-order valence-corrected chi connectivity index (χ0v) is 10.4. The van der Waals surface area contributed by atoms with Crippen molar-refractivity contribution in [2.45, 2.75) is 13.5 Å². The topological polar surface area (TPSA) is 68.3 Å². The number of non-ortho nitro benzene ring substituents is 1. The maximum atomic E-state index is 13.3. The number of hydrogen-bond donors (Lipinski definition) is 1. The van der Waals surface area contributed by atoms with Crippen LogP contribution in [0.4, 0.5) is 10.1 Å². The van der Waals surface area contributed by atoms with Gasteiger partial charge in [-0.15, -0.1) is 0 Å². The molecule has 1 aromatic heterocycles. The van der Waals surface area contributed by atoms with E-state index in [0.717, 1.165) is 12.6 Å². The predicted molar refractivity (Wildman–Crippen MR) is 68.1 cm³/mol. The van der Waals surface area contributed by atoms with Crippen molar-refractivity contribution in [2.24, 2.45) is 0 Å². The minimum Gasteiger partial charge on any atom is -0.460 e. The van der Waals surface area contributed by atoms with Gasteiger partial charge in [-0.05, 0) is 24.7 Å². The van der Waals surface area contributed by atoms with E-state index in [1.165, 1.54) is 12.1 Å². The van der Waals surface area contributed by atoms with Gasteiger partial charge in [-0.2, -0.15) is 0 Å². The highest BCUT2D eigenvalue weighted by molar-refractivity contribution is 5.61. The van der Waals surface area contributed by atoms with Crippen molar-refractivity contribution < 1.29 is 13.7 Å². The first-order chi connectivity index (χ1) is 9.10. The predicted octanol–water partition coefficient (Wildman–Crippen LogP) is 3.10. The number of furan rings is 1. The summed E-state index contributed by atoms with van der Waals surface area (Å²) < 4.78 is 18.8. The zero-order valence-electron chi connectivity index (χ0n) is 10.4. The molecule has 0 saturated heterocycles. The Morgan fingerprint density at radius 2 is 2.16 bits per heavy atom. The maximum absolute atomic E-state index is 13.3. The van der Waals surface area contributed by atoms with Crippen LogP contribution in [-0.4, -0.2) is 11.5 Å². The summed E-state index contributed by atoms with van der Waals surface area (Å²) in [7, 11) is 0. The summed E-state index contributed by atoms with van der Waals surface area (Å²) in [5, 5.41) is 13.8. The molecule has 0 aliphatic heterocycles. The Hall–Kier alpha value is -2.21. The van der Waals surface area contributed by atoms with E-state index in [1.54, 1.807) is 12.1 Å². The molecule has 0 bridgehead atoms. The Balaban J connectivity index is 2.30. The third-order valence-corrected chi connectivity index (χ3v) is 2.59. The lowest BCUT2D eigenvalue weighted by Crippen LogP contribution is -2.10. The van der Waals surface area contributed by atoms with Crippen molar-refractivity contribution in [3.63, 3.8) is 0 Å².